The van der Waals surface area contributed by atoms with Crippen molar-refractivity contribution in [2.45, 2.75) is 32.2 Å². The minimum atomic E-state index is -0.552. The fraction of sp³-hybridized carbons (Fsp3) is 0.438. The number of hydrogen-bond donors (Lipinski definition) is 2. The molecule has 0 saturated heterocycles. The molecule has 0 spiro atoms. The molecule has 1 aliphatic rings. The Labute approximate surface area is 124 Å². The number of halogens is 2. The smallest absolute Gasteiger partial charge is 0.191 e. The topological polar surface area (TPSA) is 36.4 Å². The number of benzene rings is 1. The number of aliphatic imine (C=N–C) groups is 1. The van der Waals surface area contributed by atoms with E-state index in [9.17, 15) is 8.78 Å². The van der Waals surface area contributed by atoms with Crippen LogP contribution in [0.25, 0.3) is 0 Å². The lowest BCUT2D eigenvalue weighted by Gasteiger charge is -2.16. The van der Waals surface area contributed by atoms with Gasteiger partial charge >= 0.3 is 0 Å². The van der Waals surface area contributed by atoms with Gasteiger partial charge in [-0.05, 0) is 37.8 Å². The summed E-state index contributed by atoms with van der Waals surface area (Å²) in [6, 6.07) is 4.04. The first-order chi connectivity index (χ1) is 10.2. The van der Waals surface area contributed by atoms with E-state index < -0.39 is 11.6 Å². The molecule has 2 N–H and O–H groups in total. The summed E-state index contributed by atoms with van der Waals surface area (Å²) >= 11 is 0. The van der Waals surface area contributed by atoms with E-state index in [4.69, 9.17) is 0 Å². The Kier molecular flexibility index (Phi) is 5.72. The molecule has 0 heterocycles. The maximum absolute atomic E-state index is 13.5. The largest absolute Gasteiger partial charge is 0.357 e. The summed E-state index contributed by atoms with van der Waals surface area (Å²) in [7, 11) is 0. The van der Waals surface area contributed by atoms with Crippen molar-refractivity contribution in [2.75, 3.05) is 13.1 Å². The highest BCUT2D eigenvalue weighted by atomic mass is 19.1. The van der Waals surface area contributed by atoms with Gasteiger partial charge in [-0.15, -0.1) is 0 Å². The average molecular weight is 293 g/mol. The maximum Gasteiger partial charge on any atom is 0.191 e. The minimum Gasteiger partial charge on any atom is -0.357 e. The van der Waals surface area contributed by atoms with Crippen LogP contribution in [0.15, 0.2) is 35.3 Å². The van der Waals surface area contributed by atoms with Crippen LogP contribution >= 0.6 is 0 Å². The van der Waals surface area contributed by atoms with Crippen molar-refractivity contribution in [2.24, 2.45) is 4.99 Å². The van der Waals surface area contributed by atoms with Gasteiger partial charge < -0.3 is 10.6 Å². The van der Waals surface area contributed by atoms with Gasteiger partial charge in [0, 0.05) is 25.2 Å². The Morgan fingerprint density at radius 2 is 2.05 bits per heavy atom. The first-order valence-corrected chi connectivity index (χ1v) is 7.33. The number of hydrogen-bond acceptors (Lipinski definition) is 1. The zero-order valence-corrected chi connectivity index (χ0v) is 12.2. The van der Waals surface area contributed by atoms with Gasteiger partial charge in [-0.1, -0.05) is 18.2 Å². The van der Waals surface area contributed by atoms with E-state index >= 15 is 0 Å². The Morgan fingerprint density at radius 1 is 1.29 bits per heavy atom. The van der Waals surface area contributed by atoms with Crippen molar-refractivity contribution < 1.29 is 8.78 Å². The normalized spacial score (nSPS) is 15.5. The highest BCUT2D eigenvalue weighted by Crippen LogP contribution is 2.11. The summed E-state index contributed by atoms with van der Waals surface area (Å²) in [4.78, 5) is 4.44. The van der Waals surface area contributed by atoms with Crippen LogP contribution in [-0.2, 0) is 6.42 Å². The highest BCUT2D eigenvalue weighted by molar-refractivity contribution is 5.80. The van der Waals surface area contributed by atoms with Gasteiger partial charge in [0.05, 0.1) is 0 Å². The maximum atomic E-state index is 13.5. The van der Waals surface area contributed by atoms with Crippen LogP contribution in [0.3, 0.4) is 0 Å². The lowest BCUT2D eigenvalue weighted by atomic mass is 10.1. The fourth-order valence-electron chi connectivity index (χ4n) is 2.26. The first-order valence-electron chi connectivity index (χ1n) is 7.33. The van der Waals surface area contributed by atoms with Gasteiger partial charge in [-0.2, -0.15) is 0 Å². The zero-order chi connectivity index (χ0) is 15.1. The third-order valence-electron chi connectivity index (χ3n) is 3.36. The van der Waals surface area contributed by atoms with Crippen molar-refractivity contribution in [3.63, 3.8) is 0 Å². The molecular weight excluding hydrogens is 272 g/mol. The molecule has 1 aromatic carbocycles. The molecule has 1 aromatic rings. The highest BCUT2D eigenvalue weighted by Gasteiger charge is 2.11. The van der Waals surface area contributed by atoms with Crippen LogP contribution in [0.4, 0.5) is 8.78 Å². The predicted octanol–water partition coefficient (Wildman–Crippen LogP) is 2.78. The molecule has 0 radical (unpaired) electrons. The van der Waals surface area contributed by atoms with Gasteiger partial charge in [0.15, 0.2) is 5.96 Å². The van der Waals surface area contributed by atoms with Gasteiger partial charge in [0.25, 0.3) is 0 Å². The first kappa shape index (κ1) is 15.5. The standard InChI is InChI=1S/C16H21F2N3/c1-2-19-16(21-14-5-3-4-6-14)20-10-9-12-7-8-13(17)11-15(12)18/h3-4,7-8,11,14H,2,5-6,9-10H2,1H3,(H2,19,20,21). The van der Waals surface area contributed by atoms with Crippen LogP contribution in [0, 0.1) is 11.6 Å². The summed E-state index contributed by atoms with van der Waals surface area (Å²) in [5.74, 6) is -0.319. The monoisotopic (exact) mass is 293 g/mol. The molecule has 0 bridgehead atoms. The van der Waals surface area contributed by atoms with Gasteiger partial charge in [0.2, 0.25) is 0 Å². The summed E-state index contributed by atoms with van der Waals surface area (Å²) in [6.45, 7) is 3.23. The van der Waals surface area contributed by atoms with Crippen LogP contribution in [-0.4, -0.2) is 25.1 Å². The van der Waals surface area contributed by atoms with E-state index in [0.29, 0.717) is 24.6 Å². The minimum absolute atomic E-state index is 0.380. The van der Waals surface area contributed by atoms with Crippen LogP contribution < -0.4 is 10.6 Å². The second kappa shape index (κ2) is 7.76. The molecular formula is C16H21F2N3. The Hall–Kier alpha value is -1.91. The molecule has 0 unspecified atom stereocenters. The summed E-state index contributed by atoms with van der Waals surface area (Å²) in [5.41, 5.74) is 0.485. The molecule has 0 aliphatic heterocycles. The number of rotatable bonds is 5. The Bertz CT molecular complexity index is 518. The molecule has 0 aromatic heterocycles. The van der Waals surface area contributed by atoms with E-state index in [1.165, 1.54) is 12.1 Å². The van der Waals surface area contributed by atoms with E-state index in [1.807, 2.05) is 6.92 Å². The van der Waals surface area contributed by atoms with E-state index in [1.54, 1.807) is 0 Å². The molecule has 0 saturated carbocycles. The number of nitrogens with one attached hydrogen (secondary N) is 2. The van der Waals surface area contributed by atoms with E-state index in [0.717, 1.165) is 31.4 Å². The molecule has 1 aliphatic carbocycles. The molecule has 5 heteroatoms. The molecule has 0 fully saturated rings. The third kappa shape index (κ3) is 4.85. The van der Waals surface area contributed by atoms with E-state index in [-0.39, 0.29) is 0 Å². The molecule has 0 amide bonds. The van der Waals surface area contributed by atoms with Gasteiger partial charge in [0.1, 0.15) is 11.6 Å². The predicted molar refractivity (Wildman–Crippen MR) is 81.3 cm³/mol. The average Bonchev–Trinajstić information content (AvgIpc) is 2.94. The lowest BCUT2D eigenvalue weighted by Crippen LogP contribution is -2.42. The SMILES string of the molecule is CCNC(=NCCc1ccc(F)cc1F)NC1CC=CC1. The van der Waals surface area contributed by atoms with Crippen LogP contribution in [0.1, 0.15) is 25.3 Å². The van der Waals surface area contributed by atoms with Crippen molar-refractivity contribution >= 4 is 5.96 Å². The third-order valence-corrected chi connectivity index (χ3v) is 3.36. The summed E-state index contributed by atoms with van der Waals surface area (Å²) < 4.78 is 26.4. The second-order valence-corrected chi connectivity index (χ2v) is 5.03. The second-order valence-electron chi connectivity index (χ2n) is 5.03. The molecule has 3 nitrogen and oxygen atoms in total. The quantitative estimate of drug-likeness (QED) is 0.497. The summed E-state index contributed by atoms with van der Waals surface area (Å²) in [5, 5.41) is 6.53. The molecule has 21 heavy (non-hydrogen) atoms. The molecule has 114 valence electrons. The molecule has 0 atom stereocenters. The Morgan fingerprint density at radius 3 is 2.71 bits per heavy atom. The zero-order valence-electron chi connectivity index (χ0n) is 12.2. The Balaban J connectivity index is 1.89. The van der Waals surface area contributed by atoms with E-state index in [2.05, 4.69) is 27.8 Å². The fourth-order valence-corrected chi connectivity index (χ4v) is 2.26. The van der Waals surface area contributed by atoms with Gasteiger partial charge in [-0.25, -0.2) is 8.78 Å². The van der Waals surface area contributed by atoms with Crippen LogP contribution in [0.5, 0.6) is 0 Å². The van der Waals surface area contributed by atoms with Gasteiger partial charge in [-0.3, -0.25) is 4.99 Å². The van der Waals surface area contributed by atoms with Crippen LogP contribution in [0.2, 0.25) is 0 Å². The van der Waals surface area contributed by atoms with Crippen molar-refractivity contribution in [1.29, 1.82) is 0 Å². The summed E-state index contributed by atoms with van der Waals surface area (Å²) in [6.07, 6.45) is 6.74. The van der Waals surface area contributed by atoms with Crippen molar-refractivity contribution in [3.8, 4) is 0 Å². The van der Waals surface area contributed by atoms with Crippen molar-refractivity contribution in [1.82, 2.24) is 10.6 Å². The number of guanidine groups is 1. The molecule has 2 rings (SSSR count). The number of nitrogens with zero attached hydrogens (tertiary/aromatic N) is 1. The lowest BCUT2D eigenvalue weighted by molar-refractivity contribution is 0.571. The van der Waals surface area contributed by atoms with Crippen molar-refractivity contribution in [3.05, 3.63) is 47.5 Å².